The molecule has 1 aliphatic rings. The quantitative estimate of drug-likeness (QED) is 0.742. The van der Waals surface area contributed by atoms with Gasteiger partial charge in [0.1, 0.15) is 0 Å². The lowest BCUT2D eigenvalue weighted by atomic mass is 9.74. The van der Waals surface area contributed by atoms with Crippen molar-refractivity contribution in [3.8, 4) is 0 Å². The molecule has 0 bridgehead atoms. The molecule has 0 radical (unpaired) electrons. The van der Waals surface area contributed by atoms with Crippen molar-refractivity contribution in [1.29, 1.82) is 0 Å². The lowest BCUT2D eigenvalue weighted by molar-refractivity contribution is -0.123. The van der Waals surface area contributed by atoms with Crippen molar-refractivity contribution in [3.05, 3.63) is 29.3 Å². The number of nitrogens with zero attached hydrogens (tertiary/aromatic N) is 1. The molecule has 0 saturated heterocycles. The Morgan fingerprint density at radius 2 is 1.70 bits per heavy atom. The third-order valence-electron chi connectivity index (χ3n) is 4.41. The zero-order valence-electron chi connectivity index (χ0n) is 13.3. The number of amides is 1. The average Bonchev–Trinajstić information content (AvgIpc) is 2.63. The van der Waals surface area contributed by atoms with Gasteiger partial charge in [-0.2, -0.15) is 0 Å². The van der Waals surface area contributed by atoms with E-state index >= 15 is 0 Å². The molecular formula is C18H27NO. The predicted octanol–water partition coefficient (Wildman–Crippen LogP) is 4.59. The van der Waals surface area contributed by atoms with Crippen molar-refractivity contribution in [2.45, 2.75) is 65.2 Å². The first-order valence-electron chi connectivity index (χ1n) is 8.03. The Labute approximate surface area is 123 Å². The second-order valence-corrected chi connectivity index (χ2v) is 6.06. The zero-order chi connectivity index (χ0) is 14.8. The molecule has 0 fully saturated rings. The number of carbonyl (C=O) groups is 1. The van der Waals surface area contributed by atoms with Crippen LogP contribution in [0, 0.1) is 6.92 Å². The summed E-state index contributed by atoms with van der Waals surface area (Å²) in [7, 11) is 0. The summed E-state index contributed by atoms with van der Waals surface area (Å²) in [6.07, 6.45) is 5.05. The minimum absolute atomic E-state index is 0.264. The fraction of sp³-hybridized carbons (Fsp3) is 0.611. The second-order valence-electron chi connectivity index (χ2n) is 6.06. The summed E-state index contributed by atoms with van der Waals surface area (Å²) in [5.41, 5.74) is 3.43. The number of benzene rings is 1. The molecule has 1 amide bonds. The van der Waals surface area contributed by atoms with Gasteiger partial charge in [0.15, 0.2) is 0 Å². The van der Waals surface area contributed by atoms with E-state index in [0.717, 1.165) is 44.3 Å². The predicted molar refractivity (Wildman–Crippen MR) is 85.3 cm³/mol. The van der Waals surface area contributed by atoms with Gasteiger partial charge in [-0.1, -0.05) is 51.3 Å². The summed E-state index contributed by atoms with van der Waals surface area (Å²) in [6.45, 7) is 9.46. The minimum atomic E-state index is -0.264. The maximum absolute atomic E-state index is 13.1. The Morgan fingerprint density at radius 3 is 2.25 bits per heavy atom. The number of carbonyl (C=O) groups excluding carboxylic acids is 1. The van der Waals surface area contributed by atoms with E-state index in [2.05, 4.69) is 45.9 Å². The first-order valence-corrected chi connectivity index (χ1v) is 8.03. The van der Waals surface area contributed by atoms with Gasteiger partial charge in [-0.05, 0) is 37.8 Å². The lowest BCUT2D eigenvalue weighted by Crippen LogP contribution is -2.40. The fourth-order valence-corrected chi connectivity index (χ4v) is 3.66. The normalized spacial score (nSPS) is 16.6. The second kappa shape index (κ2) is 5.99. The average molecular weight is 273 g/mol. The monoisotopic (exact) mass is 273 g/mol. The largest absolute Gasteiger partial charge is 0.311 e. The first-order chi connectivity index (χ1) is 9.60. The van der Waals surface area contributed by atoms with E-state index in [4.69, 9.17) is 0 Å². The molecule has 1 aliphatic heterocycles. The summed E-state index contributed by atoms with van der Waals surface area (Å²) in [6, 6.07) is 6.52. The third-order valence-corrected chi connectivity index (χ3v) is 4.41. The Bertz CT molecular complexity index is 486. The number of hydrogen-bond acceptors (Lipinski definition) is 1. The SMILES string of the molecule is CCCN1C(=O)C(CCC)(CCC)c2cc(C)ccc21. The molecule has 1 aromatic carbocycles. The van der Waals surface area contributed by atoms with Gasteiger partial charge in [0.25, 0.3) is 0 Å². The lowest BCUT2D eigenvalue weighted by Gasteiger charge is -2.28. The van der Waals surface area contributed by atoms with E-state index in [1.54, 1.807) is 0 Å². The van der Waals surface area contributed by atoms with Gasteiger partial charge >= 0.3 is 0 Å². The van der Waals surface area contributed by atoms with Gasteiger partial charge in [-0.25, -0.2) is 0 Å². The third kappa shape index (κ3) is 2.25. The maximum atomic E-state index is 13.1. The van der Waals surface area contributed by atoms with Gasteiger partial charge in [-0.15, -0.1) is 0 Å². The van der Waals surface area contributed by atoms with Crippen LogP contribution in [0.5, 0.6) is 0 Å². The first kappa shape index (κ1) is 15.1. The molecule has 0 N–H and O–H groups in total. The van der Waals surface area contributed by atoms with Crippen molar-refractivity contribution in [2.24, 2.45) is 0 Å². The molecule has 0 aromatic heterocycles. The smallest absolute Gasteiger partial charge is 0.237 e. The number of aryl methyl sites for hydroxylation is 1. The van der Waals surface area contributed by atoms with Crippen LogP contribution >= 0.6 is 0 Å². The van der Waals surface area contributed by atoms with Crippen LogP contribution < -0.4 is 4.90 Å². The molecule has 2 rings (SSSR count). The molecule has 0 atom stereocenters. The summed E-state index contributed by atoms with van der Waals surface area (Å²) >= 11 is 0. The van der Waals surface area contributed by atoms with Crippen molar-refractivity contribution in [1.82, 2.24) is 0 Å². The van der Waals surface area contributed by atoms with Gasteiger partial charge < -0.3 is 4.90 Å². The number of anilines is 1. The Balaban J connectivity index is 2.57. The topological polar surface area (TPSA) is 20.3 Å². The van der Waals surface area contributed by atoms with Crippen LogP contribution in [-0.4, -0.2) is 12.5 Å². The van der Waals surface area contributed by atoms with E-state index in [-0.39, 0.29) is 5.41 Å². The Morgan fingerprint density at radius 1 is 1.05 bits per heavy atom. The highest BCUT2D eigenvalue weighted by molar-refractivity contribution is 6.08. The summed E-state index contributed by atoms with van der Waals surface area (Å²) in [5.74, 6) is 0.337. The van der Waals surface area contributed by atoms with E-state index in [9.17, 15) is 4.79 Å². The van der Waals surface area contributed by atoms with E-state index in [0.29, 0.717) is 5.91 Å². The Hall–Kier alpha value is -1.31. The van der Waals surface area contributed by atoms with Crippen LogP contribution in [0.2, 0.25) is 0 Å². The number of rotatable bonds is 6. The van der Waals surface area contributed by atoms with E-state index in [1.807, 2.05) is 4.90 Å². The molecule has 0 unspecified atom stereocenters. The molecule has 2 heteroatoms. The van der Waals surface area contributed by atoms with Crippen LogP contribution in [0.25, 0.3) is 0 Å². The Kier molecular flexibility index (Phi) is 4.52. The fourth-order valence-electron chi connectivity index (χ4n) is 3.66. The van der Waals surface area contributed by atoms with Crippen molar-refractivity contribution in [2.75, 3.05) is 11.4 Å². The number of hydrogen-bond donors (Lipinski definition) is 0. The maximum Gasteiger partial charge on any atom is 0.237 e. The van der Waals surface area contributed by atoms with E-state index < -0.39 is 0 Å². The van der Waals surface area contributed by atoms with Crippen molar-refractivity contribution < 1.29 is 4.79 Å². The summed E-state index contributed by atoms with van der Waals surface area (Å²) in [4.78, 5) is 15.1. The van der Waals surface area contributed by atoms with Gasteiger partial charge in [-0.3, -0.25) is 4.79 Å². The van der Waals surface area contributed by atoms with Crippen molar-refractivity contribution in [3.63, 3.8) is 0 Å². The van der Waals surface area contributed by atoms with E-state index in [1.165, 1.54) is 11.1 Å². The number of fused-ring (bicyclic) bond motifs is 1. The molecule has 1 heterocycles. The highest BCUT2D eigenvalue weighted by Crippen LogP contribution is 2.47. The van der Waals surface area contributed by atoms with Crippen LogP contribution in [0.4, 0.5) is 5.69 Å². The molecule has 1 aromatic rings. The molecule has 0 saturated carbocycles. The highest BCUT2D eigenvalue weighted by atomic mass is 16.2. The van der Waals surface area contributed by atoms with Gasteiger partial charge in [0.05, 0.1) is 5.41 Å². The molecule has 2 nitrogen and oxygen atoms in total. The summed E-state index contributed by atoms with van der Waals surface area (Å²) in [5, 5.41) is 0. The molecule has 20 heavy (non-hydrogen) atoms. The van der Waals surface area contributed by atoms with Crippen LogP contribution in [-0.2, 0) is 10.2 Å². The highest BCUT2D eigenvalue weighted by Gasteiger charge is 2.48. The van der Waals surface area contributed by atoms with Crippen LogP contribution in [0.3, 0.4) is 0 Å². The molecule has 0 spiro atoms. The van der Waals surface area contributed by atoms with Gasteiger partial charge in [0.2, 0.25) is 5.91 Å². The minimum Gasteiger partial charge on any atom is -0.311 e. The van der Waals surface area contributed by atoms with Crippen LogP contribution in [0.1, 0.15) is 64.0 Å². The summed E-state index contributed by atoms with van der Waals surface area (Å²) < 4.78 is 0. The van der Waals surface area contributed by atoms with Crippen molar-refractivity contribution >= 4 is 11.6 Å². The molecule has 0 aliphatic carbocycles. The standard InChI is InChI=1S/C18H27NO/c1-5-10-18(11-6-2)15-13-14(4)8-9-16(15)19(12-7-3)17(18)20/h8-9,13H,5-7,10-12H2,1-4H3. The zero-order valence-corrected chi connectivity index (χ0v) is 13.3. The van der Waals surface area contributed by atoms with Crippen LogP contribution in [0.15, 0.2) is 18.2 Å². The molecule has 110 valence electrons. The molecular weight excluding hydrogens is 246 g/mol. The van der Waals surface area contributed by atoms with Gasteiger partial charge in [0, 0.05) is 12.2 Å².